The molecule has 5 heteroatoms. The number of benzene rings is 6. The maximum absolute atomic E-state index is 6.73. The molecule has 0 saturated heterocycles. The van der Waals surface area contributed by atoms with Crippen LogP contribution >= 0.6 is 24.2 Å². The molecule has 3 heterocycles. The molecule has 0 aliphatic rings. The average Bonchev–Trinajstić information content (AvgIpc) is 3.70. The first-order valence-corrected chi connectivity index (χ1v) is 15.5. The van der Waals surface area contributed by atoms with Gasteiger partial charge in [-0.3, -0.25) is 0 Å². The Bertz CT molecular complexity index is 2540. The second kappa shape index (κ2) is 9.43. The number of aromatic nitrogens is 2. The van der Waals surface area contributed by atoms with E-state index in [0.717, 1.165) is 56.5 Å². The Kier molecular flexibility index (Phi) is 5.47. The molecular weight excluding hydrogens is 568 g/mol. The van der Waals surface area contributed by atoms with Gasteiger partial charge >= 0.3 is 0 Å². The van der Waals surface area contributed by atoms with E-state index in [1.54, 1.807) is 0 Å². The summed E-state index contributed by atoms with van der Waals surface area (Å²) in [5.74, 6) is 0.759. The van der Waals surface area contributed by atoms with Gasteiger partial charge in [0.25, 0.3) is 0 Å². The Morgan fingerprint density at radius 1 is 0.605 bits per heavy atom. The normalized spacial score (nSPS) is 12.1. The first-order valence-electron chi connectivity index (χ1n) is 14.5. The third-order valence-electron chi connectivity index (χ3n) is 8.74. The smallest absolute Gasteiger partial charge is 0.159 e. The lowest BCUT2D eigenvalue weighted by molar-refractivity contribution is 0.666. The first kappa shape index (κ1) is 24.9. The minimum atomic E-state index is 0.693. The molecule has 0 unspecified atom stereocenters. The van der Waals surface area contributed by atoms with Gasteiger partial charge in [0.1, 0.15) is 5.58 Å². The number of furan rings is 1. The van der Waals surface area contributed by atoms with Crippen molar-refractivity contribution in [3.63, 3.8) is 0 Å². The van der Waals surface area contributed by atoms with E-state index in [1.807, 2.05) is 18.2 Å². The van der Waals surface area contributed by atoms with Gasteiger partial charge in [-0.15, -0.1) is 0 Å². The van der Waals surface area contributed by atoms with Crippen LogP contribution in [0.2, 0.25) is 5.02 Å². The molecule has 0 radical (unpaired) electrons. The first-order chi connectivity index (χ1) is 21.2. The molecule has 0 aliphatic carbocycles. The molecular formula is C38H25ClN2OS. The van der Waals surface area contributed by atoms with Crippen LogP contribution in [0.5, 0.6) is 0 Å². The standard InChI is InChI=1S/C38H25ClN2OS/c39-29-15-9-19-33-35(29)27-14-8-18-32(38(27)42-33)41-31-17-7-5-13-26(31)34-23(20-21-43)22-28-25-12-4-6-16-30(25)40(36(28)37(34)41)24-10-2-1-3-11-24/h1-19,22,43H,20-21H2. The minimum Gasteiger partial charge on any atom is -0.454 e. The van der Waals surface area contributed by atoms with Gasteiger partial charge in [-0.25, -0.2) is 0 Å². The zero-order valence-electron chi connectivity index (χ0n) is 23.1. The van der Waals surface area contributed by atoms with E-state index in [1.165, 1.54) is 38.1 Å². The Labute approximate surface area is 257 Å². The number of aryl methyl sites for hydroxylation is 1. The lowest BCUT2D eigenvalue weighted by Crippen LogP contribution is -2.00. The van der Waals surface area contributed by atoms with Crippen LogP contribution in [0.4, 0.5) is 0 Å². The maximum Gasteiger partial charge on any atom is 0.159 e. The molecule has 3 nitrogen and oxygen atoms in total. The quantitative estimate of drug-likeness (QED) is 0.202. The van der Waals surface area contributed by atoms with Gasteiger partial charge < -0.3 is 13.6 Å². The number of hydrogen-bond acceptors (Lipinski definition) is 2. The molecule has 0 N–H and O–H groups in total. The number of para-hydroxylation sites is 4. The van der Waals surface area contributed by atoms with Gasteiger partial charge in [-0.1, -0.05) is 84.4 Å². The van der Waals surface area contributed by atoms with E-state index in [0.29, 0.717) is 5.02 Å². The van der Waals surface area contributed by atoms with Crippen LogP contribution in [-0.4, -0.2) is 14.9 Å². The number of rotatable bonds is 4. The van der Waals surface area contributed by atoms with Crippen molar-refractivity contribution in [3.8, 4) is 11.4 Å². The summed E-state index contributed by atoms with van der Waals surface area (Å²) in [5, 5.41) is 7.58. The molecule has 0 saturated carbocycles. The third-order valence-corrected chi connectivity index (χ3v) is 9.28. The van der Waals surface area contributed by atoms with E-state index in [-0.39, 0.29) is 0 Å². The van der Waals surface area contributed by atoms with Gasteiger partial charge in [0.2, 0.25) is 0 Å². The molecule has 0 bridgehead atoms. The fourth-order valence-corrected chi connectivity index (χ4v) is 7.57. The molecule has 0 atom stereocenters. The monoisotopic (exact) mass is 592 g/mol. The van der Waals surface area contributed by atoms with Crippen LogP contribution in [0.3, 0.4) is 0 Å². The topological polar surface area (TPSA) is 23.0 Å². The molecule has 0 aliphatic heterocycles. The molecule has 43 heavy (non-hydrogen) atoms. The van der Waals surface area contributed by atoms with E-state index >= 15 is 0 Å². The van der Waals surface area contributed by atoms with Crippen molar-refractivity contribution >= 4 is 89.8 Å². The molecule has 206 valence electrons. The number of hydrogen-bond donors (Lipinski definition) is 1. The second-order valence-electron chi connectivity index (χ2n) is 11.0. The number of thiol groups is 1. The van der Waals surface area contributed by atoms with Crippen LogP contribution in [-0.2, 0) is 6.42 Å². The molecule has 6 aromatic carbocycles. The van der Waals surface area contributed by atoms with Crippen molar-refractivity contribution in [2.75, 3.05) is 5.75 Å². The molecule has 9 rings (SSSR count). The van der Waals surface area contributed by atoms with E-state index in [2.05, 4.69) is 112 Å². The van der Waals surface area contributed by atoms with E-state index in [4.69, 9.17) is 28.6 Å². The summed E-state index contributed by atoms with van der Waals surface area (Å²) in [6, 6.07) is 42.7. The molecule has 0 fully saturated rings. The van der Waals surface area contributed by atoms with Gasteiger partial charge in [0.05, 0.1) is 32.8 Å². The maximum atomic E-state index is 6.73. The molecule has 0 amide bonds. The lowest BCUT2D eigenvalue weighted by atomic mass is 10.0. The Balaban J connectivity index is 1.58. The van der Waals surface area contributed by atoms with Gasteiger partial charge in [-0.2, -0.15) is 12.6 Å². The van der Waals surface area contributed by atoms with Crippen molar-refractivity contribution in [2.45, 2.75) is 6.42 Å². The predicted octanol–water partition coefficient (Wildman–Crippen LogP) is 10.9. The average molecular weight is 593 g/mol. The van der Waals surface area contributed by atoms with Crippen LogP contribution in [0.25, 0.3) is 76.9 Å². The van der Waals surface area contributed by atoms with Crippen LogP contribution in [0.15, 0.2) is 126 Å². The largest absolute Gasteiger partial charge is 0.454 e. The summed E-state index contributed by atoms with van der Waals surface area (Å²) in [4.78, 5) is 0. The summed E-state index contributed by atoms with van der Waals surface area (Å²) in [6.45, 7) is 0. The van der Waals surface area contributed by atoms with Gasteiger partial charge in [0, 0.05) is 38.0 Å². The third kappa shape index (κ3) is 3.45. The Hall–Kier alpha value is -4.64. The SMILES string of the molecule is SCCc1cc2c3ccccc3n(-c3ccccc3)c2c2c1c1ccccc1n2-c1cccc2c1oc1cccc(Cl)c12. The van der Waals surface area contributed by atoms with Crippen LogP contribution in [0, 0.1) is 0 Å². The zero-order chi connectivity index (χ0) is 28.7. The van der Waals surface area contributed by atoms with Crippen molar-refractivity contribution < 1.29 is 4.42 Å². The summed E-state index contributed by atoms with van der Waals surface area (Å²) in [6.07, 6.45) is 0.860. The highest BCUT2D eigenvalue weighted by Gasteiger charge is 2.25. The summed E-state index contributed by atoms with van der Waals surface area (Å²) in [5.41, 5.74) is 9.67. The highest BCUT2D eigenvalue weighted by atomic mass is 35.5. The van der Waals surface area contributed by atoms with Gasteiger partial charge in [-0.05, 0) is 66.3 Å². The minimum absolute atomic E-state index is 0.693. The molecule has 0 spiro atoms. The number of fused-ring (bicyclic) bond motifs is 10. The van der Waals surface area contributed by atoms with E-state index in [9.17, 15) is 0 Å². The van der Waals surface area contributed by atoms with Crippen LogP contribution in [0.1, 0.15) is 5.56 Å². The van der Waals surface area contributed by atoms with Crippen LogP contribution < -0.4 is 0 Å². The fraction of sp³-hybridized carbons (Fsp3) is 0.0526. The highest BCUT2D eigenvalue weighted by Crippen LogP contribution is 2.45. The molecule has 9 aromatic rings. The number of halogens is 1. The Morgan fingerprint density at radius 2 is 1.30 bits per heavy atom. The second-order valence-corrected chi connectivity index (χ2v) is 11.9. The van der Waals surface area contributed by atoms with Gasteiger partial charge in [0.15, 0.2) is 5.58 Å². The molecule has 3 aromatic heterocycles. The lowest BCUT2D eigenvalue weighted by Gasteiger charge is -2.14. The van der Waals surface area contributed by atoms with E-state index < -0.39 is 0 Å². The summed E-state index contributed by atoms with van der Waals surface area (Å²) >= 11 is 11.4. The summed E-state index contributed by atoms with van der Waals surface area (Å²) in [7, 11) is 0. The fourth-order valence-electron chi connectivity index (χ4n) is 7.06. The van der Waals surface area contributed by atoms with Crippen molar-refractivity contribution in [1.82, 2.24) is 9.13 Å². The summed E-state index contributed by atoms with van der Waals surface area (Å²) < 4.78 is 11.5. The highest BCUT2D eigenvalue weighted by molar-refractivity contribution is 7.80. The number of nitrogens with zero attached hydrogens (tertiary/aromatic N) is 2. The van der Waals surface area contributed by atoms with Crippen molar-refractivity contribution in [2.24, 2.45) is 0 Å². The van der Waals surface area contributed by atoms with Crippen molar-refractivity contribution in [3.05, 3.63) is 132 Å². The zero-order valence-corrected chi connectivity index (χ0v) is 24.7. The van der Waals surface area contributed by atoms with Crippen molar-refractivity contribution in [1.29, 1.82) is 0 Å². The predicted molar refractivity (Wildman–Crippen MR) is 185 cm³/mol. The Morgan fingerprint density at radius 3 is 2.12 bits per heavy atom.